The molecule has 3 aromatic carbocycles. The Morgan fingerprint density at radius 2 is 1.78 bits per heavy atom. The predicted octanol–water partition coefficient (Wildman–Crippen LogP) is 6.47. The number of fused-ring (bicyclic) bond motifs is 1. The number of carbonyl (C=O) groups is 4. The molecule has 0 aliphatic carbocycles. The largest absolute Gasteiger partial charge is 0.493 e. The quantitative estimate of drug-likeness (QED) is 0.0499. The summed E-state index contributed by atoms with van der Waals surface area (Å²) in [6, 6.07) is 16.5. The highest BCUT2D eigenvalue weighted by molar-refractivity contribution is 7.70. The lowest BCUT2D eigenvalue weighted by Crippen LogP contribution is -2.53. The van der Waals surface area contributed by atoms with Crippen LogP contribution in [0.4, 0.5) is 28.8 Å². The molecule has 3 aliphatic rings. The third-order valence-corrected chi connectivity index (χ3v) is 14.3. The molecule has 0 saturated carbocycles. The van der Waals surface area contributed by atoms with Crippen LogP contribution in [-0.2, 0) is 27.1 Å². The van der Waals surface area contributed by atoms with Crippen molar-refractivity contribution in [3.8, 4) is 5.75 Å². The summed E-state index contributed by atoms with van der Waals surface area (Å²) in [4.78, 5) is 66.6. The number of rotatable bonds is 20. The summed E-state index contributed by atoms with van der Waals surface area (Å²) in [5, 5.41) is 7.48. The molecule has 4 aromatic rings. The Hall–Kier alpha value is -5.34. The Kier molecular flexibility index (Phi) is 15.4. The summed E-state index contributed by atoms with van der Waals surface area (Å²) in [6.45, 7) is 13.0. The molecule has 1 aromatic heterocycles. The second-order valence-electron chi connectivity index (χ2n) is 17.1. The summed E-state index contributed by atoms with van der Waals surface area (Å²) >= 11 is 6.50. The zero-order valence-corrected chi connectivity index (χ0v) is 38.6. The van der Waals surface area contributed by atoms with Gasteiger partial charge in [0.15, 0.2) is 5.82 Å². The molecule has 0 spiro atoms. The van der Waals surface area contributed by atoms with Gasteiger partial charge in [-0.3, -0.25) is 14.5 Å². The summed E-state index contributed by atoms with van der Waals surface area (Å²) in [5.74, 6) is 0.617. The van der Waals surface area contributed by atoms with Gasteiger partial charge < -0.3 is 50.0 Å². The van der Waals surface area contributed by atoms with Gasteiger partial charge in [0.05, 0.1) is 42.3 Å². The molecular formula is C47H59ClN9O6P. The Bertz CT molecular complexity index is 2380. The number of aryl methyl sites for hydroxylation is 1. The molecule has 2 saturated heterocycles. The number of nitrogens with two attached hydrogens (primary N) is 1. The molecular weight excluding hydrogens is 853 g/mol. The van der Waals surface area contributed by atoms with Gasteiger partial charge in [0.25, 0.3) is 11.8 Å². The van der Waals surface area contributed by atoms with E-state index >= 15 is 0 Å². The number of hydrogen-bond acceptors (Lipinski definition) is 13. The van der Waals surface area contributed by atoms with Gasteiger partial charge in [-0.25, -0.2) is 4.98 Å². The maximum atomic E-state index is 13.0. The molecule has 340 valence electrons. The van der Waals surface area contributed by atoms with E-state index in [0.717, 1.165) is 101 Å². The van der Waals surface area contributed by atoms with Crippen molar-refractivity contribution in [2.75, 3.05) is 81.3 Å². The number of ether oxygens (including phenoxy) is 1. The first-order chi connectivity index (χ1) is 30.9. The number of amides is 2. The lowest BCUT2D eigenvalue weighted by Gasteiger charge is -2.44. The summed E-state index contributed by atoms with van der Waals surface area (Å²) < 4.78 is 19.1. The Labute approximate surface area is 380 Å². The number of aldehydes is 2. The van der Waals surface area contributed by atoms with Gasteiger partial charge >= 0.3 is 0 Å². The van der Waals surface area contributed by atoms with E-state index in [0.29, 0.717) is 76.4 Å². The minimum Gasteiger partial charge on any atom is -0.493 e. The lowest BCUT2D eigenvalue weighted by atomic mass is 9.97. The van der Waals surface area contributed by atoms with Crippen molar-refractivity contribution < 1.29 is 28.5 Å². The average molecular weight is 912 g/mol. The molecule has 15 nitrogen and oxygen atoms in total. The Balaban J connectivity index is 0.884. The fraction of sp³-hybridized carbons (Fsp3) is 0.447. The number of piperidine rings is 1. The van der Waals surface area contributed by atoms with E-state index in [-0.39, 0.29) is 18.3 Å². The van der Waals surface area contributed by atoms with E-state index in [4.69, 9.17) is 22.1 Å². The number of nitrogens with one attached hydrogen (secondary N) is 2. The molecule has 4 heterocycles. The number of aromatic nitrogens is 2. The topological polar surface area (TPSA) is 183 Å². The predicted molar refractivity (Wildman–Crippen MR) is 253 cm³/mol. The first-order valence-corrected chi connectivity index (χ1v) is 25.2. The lowest BCUT2D eigenvalue weighted by molar-refractivity contribution is -0.112. The van der Waals surface area contributed by atoms with E-state index in [2.05, 4.69) is 42.2 Å². The molecule has 64 heavy (non-hydrogen) atoms. The van der Waals surface area contributed by atoms with Crippen molar-refractivity contribution in [3.05, 3.63) is 88.1 Å². The zero-order chi connectivity index (χ0) is 45.4. The van der Waals surface area contributed by atoms with Crippen molar-refractivity contribution in [1.29, 1.82) is 0 Å². The first kappa shape index (κ1) is 46.6. The van der Waals surface area contributed by atoms with Crippen LogP contribution in [0.2, 0.25) is 5.02 Å². The maximum absolute atomic E-state index is 13.0. The summed E-state index contributed by atoms with van der Waals surface area (Å²) in [6.07, 6.45) is 8.11. The molecule has 4 N–H and O–H groups in total. The number of para-hydroxylation sites is 1. The van der Waals surface area contributed by atoms with Gasteiger partial charge in [0.1, 0.15) is 30.5 Å². The van der Waals surface area contributed by atoms with Gasteiger partial charge in [-0.2, -0.15) is 4.98 Å². The van der Waals surface area contributed by atoms with Crippen LogP contribution in [0.1, 0.15) is 77.3 Å². The zero-order valence-electron chi connectivity index (χ0n) is 36.9. The highest BCUT2D eigenvalue weighted by atomic mass is 35.5. The van der Waals surface area contributed by atoms with Crippen LogP contribution in [0.5, 0.6) is 5.75 Å². The van der Waals surface area contributed by atoms with Crippen molar-refractivity contribution in [2.24, 2.45) is 5.73 Å². The monoisotopic (exact) mass is 911 g/mol. The fourth-order valence-corrected chi connectivity index (χ4v) is 10.4. The third-order valence-electron chi connectivity index (χ3n) is 12.5. The molecule has 7 rings (SSSR count). The van der Waals surface area contributed by atoms with Crippen molar-refractivity contribution in [1.82, 2.24) is 24.7 Å². The van der Waals surface area contributed by atoms with Crippen molar-refractivity contribution >= 4 is 77.3 Å². The molecule has 2 amide bonds. The second kappa shape index (κ2) is 21.1. The van der Waals surface area contributed by atoms with E-state index in [1.807, 2.05) is 42.5 Å². The number of unbranched alkanes of at least 4 members (excludes halogenated alkanes) is 1. The second-order valence-corrected chi connectivity index (χ2v) is 20.7. The van der Waals surface area contributed by atoms with Crippen molar-refractivity contribution in [2.45, 2.75) is 70.5 Å². The van der Waals surface area contributed by atoms with Gasteiger partial charge in [0.2, 0.25) is 5.95 Å². The fourth-order valence-electron chi connectivity index (χ4n) is 9.11. The van der Waals surface area contributed by atoms with E-state index in [1.165, 1.54) is 11.1 Å². The van der Waals surface area contributed by atoms with E-state index in [1.54, 1.807) is 25.5 Å². The van der Waals surface area contributed by atoms with Crippen LogP contribution in [-0.4, -0.2) is 127 Å². The maximum Gasteiger partial charge on any atom is 0.255 e. The Morgan fingerprint density at radius 3 is 2.48 bits per heavy atom. The van der Waals surface area contributed by atoms with Gasteiger partial charge in [-0.15, -0.1) is 0 Å². The number of hydrogen-bond donors (Lipinski definition) is 3. The SMILES string of the molecule is CCc1cc(Nc2ncc(Cl)c(Nc3ccccc3P(C)(C)=O)n2)cc(C(N)=O)c1N1CCC(N2CCN(CCCCOc3cccc4c3CN(C(C=O)CCC=O)C4=O)CC2)CC1. The number of primary amides is 1. The van der Waals surface area contributed by atoms with Crippen LogP contribution in [0.3, 0.4) is 0 Å². The van der Waals surface area contributed by atoms with Crippen molar-refractivity contribution in [3.63, 3.8) is 0 Å². The molecule has 1 unspecified atom stereocenters. The molecule has 1 atom stereocenters. The smallest absolute Gasteiger partial charge is 0.255 e. The molecule has 0 bridgehead atoms. The van der Waals surface area contributed by atoms with Crippen LogP contribution in [0.25, 0.3) is 0 Å². The first-order valence-electron chi connectivity index (χ1n) is 22.2. The number of anilines is 5. The highest BCUT2D eigenvalue weighted by Gasteiger charge is 2.35. The number of piperazine rings is 1. The Morgan fingerprint density at radius 1 is 1.02 bits per heavy atom. The van der Waals surface area contributed by atoms with Gasteiger partial charge in [-0.05, 0) is 100 Å². The summed E-state index contributed by atoms with van der Waals surface area (Å²) in [5.41, 5.74) is 11.0. The van der Waals surface area contributed by atoms with Crippen LogP contribution in [0.15, 0.2) is 60.8 Å². The standard InChI is InChI=1S/C47H59ClN9O6P/c1-4-32-27-33(51-47-50-29-39(48)45(53-47)52-40-13-5-6-15-42(40)64(2,3)62)28-37(44(49)60)43(32)56-19-16-34(17-20-56)55-23-21-54(22-24-55)18-7-8-26-63-41-14-9-12-36-38(41)30-57(46(36)61)35(31-59)11-10-25-58/h5-6,9,12-15,25,27-29,31,34-35H,4,7-8,10-11,16-24,26,30H2,1-3H3,(H2,49,60)(H2,50,51,52,53). The number of halogens is 1. The highest BCUT2D eigenvalue weighted by Crippen LogP contribution is 2.39. The van der Waals surface area contributed by atoms with Crippen LogP contribution in [0, 0.1) is 0 Å². The third kappa shape index (κ3) is 10.9. The van der Waals surface area contributed by atoms with E-state index < -0.39 is 19.1 Å². The molecule has 0 radical (unpaired) electrons. The summed E-state index contributed by atoms with van der Waals surface area (Å²) in [7, 11) is -2.59. The number of nitrogens with zero attached hydrogens (tertiary/aromatic N) is 6. The minimum absolute atomic E-state index is 0.196. The van der Waals surface area contributed by atoms with Crippen LogP contribution < -0.4 is 31.3 Å². The molecule has 17 heteroatoms. The molecule has 3 aliphatic heterocycles. The number of carbonyl (C=O) groups excluding carboxylic acids is 4. The molecule has 2 fully saturated rings. The number of benzene rings is 3. The minimum atomic E-state index is -2.59. The van der Waals surface area contributed by atoms with Gasteiger partial charge in [0, 0.05) is 73.9 Å². The van der Waals surface area contributed by atoms with Crippen LogP contribution >= 0.6 is 18.7 Å². The van der Waals surface area contributed by atoms with E-state index in [9.17, 15) is 23.7 Å². The average Bonchev–Trinajstić information content (AvgIpc) is 3.63. The normalized spacial score (nSPS) is 16.7. The van der Waals surface area contributed by atoms with Gasteiger partial charge in [-0.1, -0.05) is 36.7 Å².